The zero-order chi connectivity index (χ0) is 11.5. The second-order valence-electron chi connectivity index (χ2n) is 3.46. The van der Waals surface area contributed by atoms with Crippen LogP contribution >= 0.6 is 0 Å². The van der Waals surface area contributed by atoms with Gasteiger partial charge in [0.15, 0.2) is 11.5 Å². The number of anilines is 1. The van der Waals surface area contributed by atoms with Crippen molar-refractivity contribution in [2.24, 2.45) is 0 Å². The molecule has 1 N–H and O–H groups in total. The molecule has 0 unspecified atom stereocenters. The molecule has 2 rings (SSSR count). The second kappa shape index (κ2) is 4.31. The highest BCUT2D eigenvalue weighted by atomic mass is 16.5. The Hall–Kier alpha value is -1.90. The standard InChI is InChI=1S/C13H15NO2/c1-14-11-8-9-6-4-5-7-10(9)12(15-2)13(11)16-3/h4-8,14H,1-3H3. The third kappa shape index (κ3) is 1.54. The van der Waals surface area contributed by atoms with Crippen molar-refractivity contribution < 1.29 is 9.47 Å². The topological polar surface area (TPSA) is 30.5 Å². The minimum absolute atomic E-state index is 0.740. The van der Waals surface area contributed by atoms with E-state index in [2.05, 4.69) is 17.4 Å². The summed E-state index contributed by atoms with van der Waals surface area (Å²) in [5, 5.41) is 5.29. The highest BCUT2D eigenvalue weighted by Crippen LogP contribution is 2.41. The number of fused-ring (bicyclic) bond motifs is 1. The van der Waals surface area contributed by atoms with Crippen LogP contribution < -0.4 is 14.8 Å². The average Bonchev–Trinajstić information content (AvgIpc) is 2.36. The normalized spacial score (nSPS) is 10.2. The summed E-state index contributed by atoms with van der Waals surface area (Å²) in [7, 11) is 5.17. The molecule has 3 heteroatoms. The number of methoxy groups -OCH3 is 2. The molecule has 16 heavy (non-hydrogen) atoms. The quantitative estimate of drug-likeness (QED) is 0.857. The van der Waals surface area contributed by atoms with Crippen molar-refractivity contribution in [1.29, 1.82) is 0 Å². The monoisotopic (exact) mass is 217 g/mol. The van der Waals surface area contributed by atoms with Crippen molar-refractivity contribution in [1.82, 2.24) is 0 Å². The Morgan fingerprint density at radius 3 is 2.31 bits per heavy atom. The van der Waals surface area contributed by atoms with E-state index in [-0.39, 0.29) is 0 Å². The molecule has 0 aromatic heterocycles. The van der Waals surface area contributed by atoms with Crippen LogP contribution in [-0.4, -0.2) is 21.3 Å². The number of benzene rings is 2. The van der Waals surface area contributed by atoms with Gasteiger partial charge in [-0.1, -0.05) is 24.3 Å². The van der Waals surface area contributed by atoms with Crippen molar-refractivity contribution in [3.63, 3.8) is 0 Å². The molecule has 0 saturated carbocycles. The maximum Gasteiger partial charge on any atom is 0.184 e. The molecule has 0 fully saturated rings. The first-order chi connectivity index (χ1) is 7.81. The summed E-state index contributed by atoms with van der Waals surface area (Å²) in [5.74, 6) is 1.51. The smallest absolute Gasteiger partial charge is 0.184 e. The van der Waals surface area contributed by atoms with Crippen LogP contribution in [0, 0.1) is 0 Å². The summed E-state index contributed by atoms with van der Waals surface area (Å²) in [4.78, 5) is 0. The summed E-state index contributed by atoms with van der Waals surface area (Å²) in [6.45, 7) is 0. The maximum atomic E-state index is 5.43. The van der Waals surface area contributed by atoms with Gasteiger partial charge in [-0.2, -0.15) is 0 Å². The highest BCUT2D eigenvalue weighted by molar-refractivity contribution is 5.95. The molecule has 2 aromatic carbocycles. The van der Waals surface area contributed by atoms with E-state index >= 15 is 0 Å². The Morgan fingerprint density at radius 1 is 1.00 bits per heavy atom. The van der Waals surface area contributed by atoms with Gasteiger partial charge in [0.25, 0.3) is 0 Å². The van der Waals surface area contributed by atoms with Gasteiger partial charge in [0, 0.05) is 12.4 Å². The Kier molecular flexibility index (Phi) is 2.86. The van der Waals surface area contributed by atoms with Crippen LogP contribution in [0.1, 0.15) is 0 Å². The van der Waals surface area contributed by atoms with E-state index < -0.39 is 0 Å². The molecule has 0 radical (unpaired) electrons. The predicted molar refractivity (Wildman–Crippen MR) is 66.6 cm³/mol. The Bertz CT molecular complexity index is 509. The van der Waals surface area contributed by atoms with Crippen LogP contribution in [0.2, 0.25) is 0 Å². The molecule has 0 spiro atoms. The molecule has 0 aliphatic carbocycles. The summed E-state index contributed by atoms with van der Waals surface area (Å²) >= 11 is 0. The average molecular weight is 217 g/mol. The molecule has 0 aliphatic rings. The number of rotatable bonds is 3. The van der Waals surface area contributed by atoms with Crippen LogP contribution in [-0.2, 0) is 0 Å². The van der Waals surface area contributed by atoms with Gasteiger partial charge in [-0.3, -0.25) is 0 Å². The third-order valence-electron chi connectivity index (χ3n) is 2.63. The van der Waals surface area contributed by atoms with E-state index in [4.69, 9.17) is 9.47 Å². The fourth-order valence-corrected chi connectivity index (χ4v) is 1.89. The molecule has 0 atom stereocenters. The minimum Gasteiger partial charge on any atom is -0.492 e. The lowest BCUT2D eigenvalue weighted by Crippen LogP contribution is -1.97. The van der Waals surface area contributed by atoms with Gasteiger partial charge in [0.05, 0.1) is 19.9 Å². The Balaban J connectivity index is 2.82. The highest BCUT2D eigenvalue weighted by Gasteiger charge is 2.13. The molecule has 84 valence electrons. The van der Waals surface area contributed by atoms with Crippen molar-refractivity contribution in [2.75, 3.05) is 26.6 Å². The van der Waals surface area contributed by atoms with Crippen molar-refractivity contribution in [3.05, 3.63) is 30.3 Å². The van der Waals surface area contributed by atoms with Gasteiger partial charge in [-0.25, -0.2) is 0 Å². The fraction of sp³-hybridized carbons (Fsp3) is 0.231. The Morgan fingerprint density at radius 2 is 1.69 bits per heavy atom. The van der Waals surface area contributed by atoms with Crippen molar-refractivity contribution in [2.45, 2.75) is 0 Å². The zero-order valence-corrected chi connectivity index (χ0v) is 9.70. The molecular weight excluding hydrogens is 202 g/mol. The van der Waals surface area contributed by atoms with Gasteiger partial charge >= 0.3 is 0 Å². The van der Waals surface area contributed by atoms with Gasteiger partial charge in [0.1, 0.15) is 0 Å². The predicted octanol–water partition coefficient (Wildman–Crippen LogP) is 2.90. The number of ether oxygens (including phenoxy) is 2. The second-order valence-corrected chi connectivity index (χ2v) is 3.46. The lowest BCUT2D eigenvalue weighted by atomic mass is 10.1. The number of nitrogens with one attached hydrogen (secondary N) is 1. The lowest BCUT2D eigenvalue weighted by molar-refractivity contribution is 0.360. The van der Waals surface area contributed by atoms with Crippen LogP contribution in [0.25, 0.3) is 10.8 Å². The van der Waals surface area contributed by atoms with E-state index in [0.29, 0.717) is 0 Å². The molecule has 0 heterocycles. The number of hydrogen-bond donors (Lipinski definition) is 1. The largest absolute Gasteiger partial charge is 0.492 e. The molecule has 2 aromatic rings. The molecular formula is C13H15NO2. The first kappa shape index (κ1) is 10.6. The molecule has 0 amide bonds. The van der Waals surface area contributed by atoms with Gasteiger partial charge in [0.2, 0.25) is 0 Å². The molecule has 3 nitrogen and oxygen atoms in total. The number of hydrogen-bond acceptors (Lipinski definition) is 3. The van der Waals surface area contributed by atoms with Gasteiger partial charge in [-0.15, -0.1) is 0 Å². The minimum atomic E-state index is 0.740. The first-order valence-electron chi connectivity index (χ1n) is 5.13. The van der Waals surface area contributed by atoms with E-state index in [9.17, 15) is 0 Å². The van der Waals surface area contributed by atoms with E-state index in [1.807, 2.05) is 25.2 Å². The van der Waals surface area contributed by atoms with Crippen LogP contribution in [0.3, 0.4) is 0 Å². The van der Waals surface area contributed by atoms with Crippen LogP contribution in [0.15, 0.2) is 30.3 Å². The van der Waals surface area contributed by atoms with Crippen molar-refractivity contribution in [3.8, 4) is 11.5 Å². The van der Waals surface area contributed by atoms with E-state index in [1.54, 1.807) is 14.2 Å². The van der Waals surface area contributed by atoms with Gasteiger partial charge < -0.3 is 14.8 Å². The lowest BCUT2D eigenvalue weighted by Gasteiger charge is -2.15. The summed E-state index contributed by atoms with van der Waals surface area (Å²) < 4.78 is 10.8. The molecule has 0 aliphatic heterocycles. The van der Waals surface area contributed by atoms with Gasteiger partial charge in [-0.05, 0) is 11.5 Å². The zero-order valence-electron chi connectivity index (χ0n) is 9.70. The Labute approximate surface area is 95.0 Å². The third-order valence-corrected chi connectivity index (χ3v) is 2.63. The van der Waals surface area contributed by atoms with E-state index in [0.717, 1.165) is 28.0 Å². The van der Waals surface area contributed by atoms with Crippen molar-refractivity contribution >= 4 is 16.5 Å². The maximum absolute atomic E-state index is 5.43. The van der Waals surface area contributed by atoms with E-state index in [1.165, 1.54) is 0 Å². The summed E-state index contributed by atoms with van der Waals surface area (Å²) in [5.41, 5.74) is 0.929. The molecule has 0 saturated heterocycles. The fourth-order valence-electron chi connectivity index (χ4n) is 1.89. The SMILES string of the molecule is CNc1cc2ccccc2c(OC)c1OC. The molecule has 0 bridgehead atoms. The van der Waals surface area contributed by atoms with Crippen LogP contribution in [0.5, 0.6) is 11.5 Å². The first-order valence-corrected chi connectivity index (χ1v) is 5.13. The summed E-state index contributed by atoms with van der Waals surface area (Å²) in [6, 6.07) is 10.1. The summed E-state index contributed by atoms with van der Waals surface area (Å²) in [6.07, 6.45) is 0. The van der Waals surface area contributed by atoms with Crippen LogP contribution in [0.4, 0.5) is 5.69 Å².